The van der Waals surface area contributed by atoms with Crippen LogP contribution < -0.4 is 20.7 Å². The Morgan fingerprint density at radius 2 is 2.08 bits per heavy atom. The SMILES string of the molecule is CNc1nc(N)nc2c1ncn2[C@@H]1O[C@H](CO[P@](=O)(N[C@@H](C)C(=O)OC)Oc2ccccc2)[C@@H](O)[C@@]1(C)F. The Morgan fingerprint density at radius 1 is 1.37 bits per heavy atom. The first-order chi connectivity index (χ1) is 18.0. The highest BCUT2D eigenvalue weighted by atomic mass is 31.2. The fourth-order valence-electron chi connectivity index (χ4n) is 3.98. The number of halogens is 1. The maximum absolute atomic E-state index is 15.9. The molecule has 3 heterocycles. The molecule has 3 aromatic rings. The molecule has 5 N–H and O–H groups in total. The lowest BCUT2D eigenvalue weighted by Gasteiger charge is -2.25. The van der Waals surface area contributed by atoms with Gasteiger partial charge in [-0.25, -0.2) is 13.9 Å². The minimum Gasteiger partial charge on any atom is -0.468 e. The van der Waals surface area contributed by atoms with Crippen molar-refractivity contribution in [3.8, 4) is 5.75 Å². The van der Waals surface area contributed by atoms with Gasteiger partial charge in [0.2, 0.25) is 5.95 Å². The molecule has 0 bridgehead atoms. The Labute approximate surface area is 217 Å². The predicted molar refractivity (Wildman–Crippen MR) is 134 cm³/mol. The molecule has 1 saturated heterocycles. The van der Waals surface area contributed by atoms with Crippen LogP contribution in [0.2, 0.25) is 0 Å². The summed E-state index contributed by atoms with van der Waals surface area (Å²) in [5.74, 6) is -0.278. The van der Waals surface area contributed by atoms with Gasteiger partial charge in [-0.1, -0.05) is 18.2 Å². The first-order valence-electron chi connectivity index (χ1n) is 11.5. The highest BCUT2D eigenvalue weighted by Crippen LogP contribution is 2.48. The molecular formula is C22H29FN7O7P. The van der Waals surface area contributed by atoms with Gasteiger partial charge >= 0.3 is 13.7 Å². The highest BCUT2D eigenvalue weighted by molar-refractivity contribution is 7.52. The zero-order valence-corrected chi connectivity index (χ0v) is 22.0. The molecule has 1 aliphatic rings. The number of aliphatic hydroxyl groups excluding tert-OH is 1. The van der Waals surface area contributed by atoms with E-state index in [1.54, 1.807) is 25.2 Å². The normalized spacial score (nSPS) is 25.6. The van der Waals surface area contributed by atoms with E-state index in [9.17, 15) is 14.5 Å². The molecule has 0 saturated carbocycles. The summed E-state index contributed by atoms with van der Waals surface area (Å²) in [5, 5.41) is 16.1. The number of nitrogens with one attached hydrogen (secondary N) is 2. The van der Waals surface area contributed by atoms with Crippen molar-refractivity contribution in [2.45, 2.75) is 44.0 Å². The van der Waals surface area contributed by atoms with Crippen LogP contribution in [0.25, 0.3) is 11.2 Å². The first kappa shape index (κ1) is 27.7. The number of esters is 1. The van der Waals surface area contributed by atoms with Gasteiger partial charge < -0.3 is 30.2 Å². The fourth-order valence-corrected chi connectivity index (χ4v) is 5.48. The molecule has 0 amide bonds. The van der Waals surface area contributed by atoms with Crippen molar-refractivity contribution < 1.29 is 37.4 Å². The van der Waals surface area contributed by atoms with E-state index in [1.165, 1.54) is 37.1 Å². The number of hydrogen-bond donors (Lipinski definition) is 4. The van der Waals surface area contributed by atoms with E-state index in [1.807, 2.05) is 0 Å². The summed E-state index contributed by atoms with van der Waals surface area (Å²) in [6.07, 6.45) is -3.11. The smallest absolute Gasteiger partial charge is 0.459 e. The van der Waals surface area contributed by atoms with Crippen LogP contribution in [0.15, 0.2) is 36.7 Å². The van der Waals surface area contributed by atoms with Gasteiger partial charge in [-0.15, -0.1) is 0 Å². The average molecular weight is 553 g/mol. The topological polar surface area (TPSA) is 185 Å². The standard InChI is InChI=1S/C22H29FN7O7P/c1-12(19(32)34-4)29-38(33,37-13-8-6-5-7-9-13)35-10-14-16(31)22(2,23)20(36-14)30-11-26-15-17(25-3)27-21(24)28-18(15)30/h5-9,11-12,14,16,20,31H,10H2,1-4H3,(H,29,33)(H3,24,25,27,28)/t12-,14+,16+,20+,22+,38+/m0/s1. The van der Waals surface area contributed by atoms with E-state index >= 15 is 4.39 Å². The van der Waals surface area contributed by atoms with Crippen molar-refractivity contribution in [1.29, 1.82) is 0 Å². The number of carbonyl (C=O) groups is 1. The Morgan fingerprint density at radius 3 is 2.74 bits per heavy atom. The molecule has 1 aliphatic heterocycles. The van der Waals surface area contributed by atoms with Gasteiger partial charge in [-0.2, -0.15) is 15.1 Å². The van der Waals surface area contributed by atoms with Gasteiger partial charge in [-0.3, -0.25) is 13.9 Å². The molecule has 4 rings (SSSR count). The van der Waals surface area contributed by atoms with Crippen molar-refractivity contribution in [2.75, 3.05) is 31.8 Å². The number of carbonyl (C=O) groups excluding carboxylic acids is 1. The number of nitrogens with zero attached hydrogens (tertiary/aromatic N) is 4. The third kappa shape index (κ3) is 5.42. The fraction of sp³-hybridized carbons (Fsp3) is 0.455. The quantitative estimate of drug-likeness (QED) is 0.211. The van der Waals surface area contributed by atoms with Gasteiger partial charge in [0.05, 0.1) is 20.0 Å². The summed E-state index contributed by atoms with van der Waals surface area (Å²) >= 11 is 0. The van der Waals surface area contributed by atoms with Gasteiger partial charge in [0.1, 0.15) is 24.0 Å². The van der Waals surface area contributed by atoms with Crippen LogP contribution in [0.5, 0.6) is 5.75 Å². The van der Waals surface area contributed by atoms with Gasteiger partial charge in [0, 0.05) is 7.05 Å². The third-order valence-corrected chi connectivity index (χ3v) is 7.57. The van der Waals surface area contributed by atoms with Crippen molar-refractivity contribution in [3.63, 3.8) is 0 Å². The molecule has 0 radical (unpaired) electrons. The average Bonchev–Trinajstić information content (AvgIpc) is 3.39. The second kappa shape index (κ2) is 10.8. The van der Waals surface area contributed by atoms with Crippen molar-refractivity contribution in [3.05, 3.63) is 36.7 Å². The van der Waals surface area contributed by atoms with Gasteiger partial charge in [-0.05, 0) is 26.0 Å². The number of methoxy groups -OCH3 is 1. The minimum atomic E-state index is -4.25. The zero-order chi connectivity index (χ0) is 27.7. The number of fused-ring (bicyclic) bond motifs is 1. The molecule has 1 fully saturated rings. The third-order valence-electron chi connectivity index (χ3n) is 5.93. The van der Waals surface area contributed by atoms with Crippen LogP contribution in [-0.4, -0.2) is 75.3 Å². The van der Waals surface area contributed by atoms with Crippen LogP contribution in [0.1, 0.15) is 20.1 Å². The van der Waals surface area contributed by atoms with E-state index in [4.69, 9.17) is 19.5 Å². The Balaban J connectivity index is 1.57. The van der Waals surface area contributed by atoms with Crippen molar-refractivity contribution >= 4 is 36.6 Å². The number of ether oxygens (including phenoxy) is 2. The predicted octanol–water partition coefficient (Wildman–Crippen LogP) is 1.79. The summed E-state index contributed by atoms with van der Waals surface area (Å²) < 4.78 is 52.3. The molecule has 2 aromatic heterocycles. The summed E-state index contributed by atoms with van der Waals surface area (Å²) in [6, 6.07) is 7.02. The number of alkyl halides is 1. The molecule has 38 heavy (non-hydrogen) atoms. The monoisotopic (exact) mass is 553 g/mol. The van der Waals surface area contributed by atoms with Crippen molar-refractivity contribution in [1.82, 2.24) is 24.6 Å². The number of nitrogen functional groups attached to an aromatic ring is 1. The number of aliphatic hydroxyl groups is 1. The lowest BCUT2D eigenvalue weighted by molar-refractivity contribution is -0.142. The lowest BCUT2D eigenvalue weighted by atomic mass is 9.98. The Bertz CT molecular complexity index is 1340. The van der Waals surface area contributed by atoms with Crippen LogP contribution >= 0.6 is 7.75 Å². The van der Waals surface area contributed by atoms with E-state index < -0.39 is 50.5 Å². The minimum absolute atomic E-state index is 0.0765. The summed E-state index contributed by atoms with van der Waals surface area (Å²) in [4.78, 5) is 24.3. The van der Waals surface area contributed by atoms with E-state index in [-0.39, 0.29) is 17.3 Å². The molecule has 6 atom stereocenters. The zero-order valence-electron chi connectivity index (χ0n) is 21.1. The largest absolute Gasteiger partial charge is 0.468 e. The number of benzene rings is 1. The first-order valence-corrected chi connectivity index (χ1v) is 13.1. The number of nitrogens with two attached hydrogens (primary N) is 1. The van der Waals surface area contributed by atoms with Crippen LogP contribution in [0.3, 0.4) is 0 Å². The molecular weight excluding hydrogens is 524 g/mol. The maximum Gasteiger partial charge on any atom is 0.459 e. The van der Waals surface area contributed by atoms with E-state index in [0.29, 0.717) is 11.3 Å². The number of anilines is 2. The van der Waals surface area contributed by atoms with Crippen molar-refractivity contribution in [2.24, 2.45) is 0 Å². The van der Waals surface area contributed by atoms with E-state index in [0.717, 1.165) is 6.92 Å². The number of para-hydroxylation sites is 1. The number of aromatic nitrogens is 4. The second-order valence-electron chi connectivity index (χ2n) is 8.70. The number of hydrogen-bond acceptors (Lipinski definition) is 12. The van der Waals surface area contributed by atoms with Crippen LogP contribution in [0, 0.1) is 0 Å². The molecule has 0 unspecified atom stereocenters. The Kier molecular flexibility index (Phi) is 7.85. The maximum atomic E-state index is 15.9. The summed E-state index contributed by atoms with van der Waals surface area (Å²) in [6.45, 7) is 1.99. The molecule has 0 spiro atoms. The van der Waals surface area contributed by atoms with Crippen LogP contribution in [0.4, 0.5) is 16.2 Å². The summed E-state index contributed by atoms with van der Waals surface area (Å²) in [5.41, 5.74) is 3.93. The Hall–Kier alpha value is -3.36. The van der Waals surface area contributed by atoms with Gasteiger partial charge in [0.25, 0.3) is 0 Å². The molecule has 0 aliphatic carbocycles. The molecule has 206 valence electrons. The molecule has 16 heteroatoms. The number of imidazole rings is 1. The van der Waals surface area contributed by atoms with Crippen LogP contribution in [-0.2, 0) is 23.4 Å². The van der Waals surface area contributed by atoms with E-state index in [2.05, 4.69) is 30.1 Å². The highest BCUT2D eigenvalue weighted by Gasteiger charge is 2.56. The number of rotatable bonds is 10. The lowest BCUT2D eigenvalue weighted by Crippen LogP contribution is -2.41. The second-order valence-corrected chi connectivity index (χ2v) is 10.4. The molecule has 1 aromatic carbocycles. The molecule has 14 nitrogen and oxygen atoms in total. The summed E-state index contributed by atoms with van der Waals surface area (Å²) in [7, 11) is -1.46. The van der Waals surface area contributed by atoms with Gasteiger partial charge in [0.15, 0.2) is 28.9 Å².